The topological polar surface area (TPSA) is 75.6 Å². The number of carboxylic acid groups (broad SMARTS) is 1. The van der Waals surface area contributed by atoms with Crippen LogP contribution in [-0.2, 0) is 9.53 Å². The van der Waals surface area contributed by atoms with Crippen molar-refractivity contribution in [2.75, 3.05) is 11.5 Å². The Kier molecular flexibility index (Phi) is 8.63. The molecule has 0 aliphatic heterocycles. The van der Waals surface area contributed by atoms with E-state index in [4.69, 9.17) is 9.84 Å². The molecule has 19 heavy (non-hydrogen) atoms. The third-order valence-corrected chi connectivity index (χ3v) is 3.31. The van der Waals surface area contributed by atoms with Crippen LogP contribution < -0.4 is 5.32 Å². The molecule has 112 valence electrons. The van der Waals surface area contributed by atoms with Gasteiger partial charge in [-0.2, -0.15) is 11.8 Å². The molecule has 0 aromatic rings. The van der Waals surface area contributed by atoms with Gasteiger partial charge in [0.1, 0.15) is 11.6 Å². The summed E-state index contributed by atoms with van der Waals surface area (Å²) in [6.07, 6.45) is 2.66. The number of carbonyl (C=O) groups is 2. The summed E-state index contributed by atoms with van der Waals surface area (Å²) in [6, 6.07) is -0.901. The van der Waals surface area contributed by atoms with Gasteiger partial charge in [0.25, 0.3) is 0 Å². The zero-order chi connectivity index (χ0) is 14.9. The van der Waals surface area contributed by atoms with Gasteiger partial charge in [0.2, 0.25) is 0 Å². The smallest absolute Gasteiger partial charge is 0.408 e. The maximum atomic E-state index is 11.5. The number of hydrogen-bond donors (Lipinski definition) is 2. The quantitative estimate of drug-likeness (QED) is 0.673. The molecule has 0 spiro atoms. The molecule has 0 aromatic carbocycles. The Labute approximate surface area is 119 Å². The molecule has 0 aromatic heterocycles. The summed E-state index contributed by atoms with van der Waals surface area (Å²) in [7, 11) is 0. The first-order chi connectivity index (χ1) is 8.76. The van der Waals surface area contributed by atoms with Crippen LogP contribution in [0.3, 0.4) is 0 Å². The first-order valence-electron chi connectivity index (χ1n) is 6.56. The molecule has 0 radical (unpaired) electrons. The molecule has 6 heteroatoms. The van der Waals surface area contributed by atoms with Crippen molar-refractivity contribution in [3.05, 3.63) is 0 Å². The first kappa shape index (κ1) is 18.1. The van der Waals surface area contributed by atoms with Gasteiger partial charge in [-0.3, -0.25) is 0 Å². The highest BCUT2D eigenvalue weighted by Gasteiger charge is 2.23. The Morgan fingerprint density at radius 1 is 1.32 bits per heavy atom. The molecule has 5 nitrogen and oxygen atoms in total. The van der Waals surface area contributed by atoms with E-state index >= 15 is 0 Å². The number of carboxylic acids is 1. The van der Waals surface area contributed by atoms with E-state index in [0.29, 0.717) is 5.75 Å². The lowest BCUT2D eigenvalue weighted by atomic mass is 10.2. The van der Waals surface area contributed by atoms with Gasteiger partial charge in [0.15, 0.2) is 0 Å². The zero-order valence-electron chi connectivity index (χ0n) is 12.2. The van der Waals surface area contributed by atoms with Gasteiger partial charge in [-0.15, -0.1) is 0 Å². The van der Waals surface area contributed by atoms with Crippen molar-refractivity contribution in [2.24, 2.45) is 0 Å². The van der Waals surface area contributed by atoms with Crippen LogP contribution in [0.2, 0.25) is 0 Å². The lowest BCUT2D eigenvalue weighted by Crippen LogP contribution is -2.45. The fourth-order valence-electron chi connectivity index (χ4n) is 1.28. The van der Waals surface area contributed by atoms with Crippen LogP contribution in [0.25, 0.3) is 0 Å². The lowest BCUT2D eigenvalue weighted by Gasteiger charge is -2.21. The minimum absolute atomic E-state index is 0.359. The van der Waals surface area contributed by atoms with E-state index in [0.717, 1.165) is 25.0 Å². The van der Waals surface area contributed by atoms with E-state index in [-0.39, 0.29) is 0 Å². The van der Waals surface area contributed by atoms with E-state index in [1.165, 1.54) is 11.8 Å². The van der Waals surface area contributed by atoms with Gasteiger partial charge >= 0.3 is 12.1 Å². The molecule has 2 N–H and O–H groups in total. The molecule has 0 heterocycles. The van der Waals surface area contributed by atoms with E-state index in [2.05, 4.69) is 12.2 Å². The number of amides is 1. The SMILES string of the molecule is CCCCCSCC(NC(=O)OC(C)(C)C)C(=O)O. The van der Waals surface area contributed by atoms with Crippen molar-refractivity contribution in [1.82, 2.24) is 5.32 Å². The molecule has 0 saturated carbocycles. The van der Waals surface area contributed by atoms with Gasteiger partial charge in [-0.1, -0.05) is 19.8 Å². The highest BCUT2D eigenvalue weighted by atomic mass is 32.2. The maximum absolute atomic E-state index is 11.5. The van der Waals surface area contributed by atoms with E-state index in [1.807, 2.05) is 0 Å². The fraction of sp³-hybridized carbons (Fsp3) is 0.846. The first-order valence-corrected chi connectivity index (χ1v) is 7.71. The number of nitrogens with one attached hydrogen (secondary N) is 1. The average molecular weight is 291 g/mol. The zero-order valence-corrected chi connectivity index (χ0v) is 13.0. The highest BCUT2D eigenvalue weighted by molar-refractivity contribution is 7.99. The Morgan fingerprint density at radius 2 is 1.95 bits per heavy atom. The fourth-order valence-corrected chi connectivity index (χ4v) is 2.32. The number of rotatable bonds is 8. The summed E-state index contributed by atoms with van der Waals surface area (Å²) < 4.78 is 5.04. The number of thioether (sulfide) groups is 1. The van der Waals surface area contributed by atoms with Crippen molar-refractivity contribution in [3.8, 4) is 0 Å². The van der Waals surface area contributed by atoms with Crippen molar-refractivity contribution >= 4 is 23.8 Å². The van der Waals surface area contributed by atoms with Crippen LogP contribution in [-0.4, -0.2) is 40.3 Å². The number of carbonyl (C=O) groups excluding carboxylic acids is 1. The Hall–Kier alpha value is -0.910. The number of alkyl carbamates (subject to hydrolysis) is 1. The third-order valence-electron chi connectivity index (χ3n) is 2.17. The molecule has 0 aliphatic rings. The second-order valence-electron chi connectivity index (χ2n) is 5.32. The summed E-state index contributed by atoms with van der Waals surface area (Å²) in [4.78, 5) is 22.5. The van der Waals surface area contributed by atoms with Crippen LogP contribution in [0.1, 0.15) is 47.0 Å². The number of unbranched alkanes of at least 4 members (excludes halogenated alkanes) is 2. The molecular formula is C13H25NO4S. The van der Waals surface area contributed by atoms with Crippen molar-refractivity contribution in [2.45, 2.75) is 58.6 Å². The minimum atomic E-state index is -1.03. The number of ether oxygens (including phenoxy) is 1. The second kappa shape index (κ2) is 9.07. The average Bonchev–Trinajstić information content (AvgIpc) is 2.24. The molecule has 0 fully saturated rings. The molecule has 1 unspecified atom stereocenters. The van der Waals surface area contributed by atoms with Gasteiger partial charge in [-0.25, -0.2) is 9.59 Å². The van der Waals surface area contributed by atoms with Crippen LogP contribution in [0.5, 0.6) is 0 Å². The Bertz CT molecular complexity index is 289. The summed E-state index contributed by atoms with van der Waals surface area (Å²) in [6.45, 7) is 7.33. The van der Waals surface area contributed by atoms with Crippen molar-refractivity contribution in [1.29, 1.82) is 0 Å². The summed E-state index contributed by atoms with van der Waals surface area (Å²) in [5.74, 6) is 0.236. The molecule has 1 amide bonds. The van der Waals surface area contributed by atoms with E-state index in [9.17, 15) is 9.59 Å². The minimum Gasteiger partial charge on any atom is -0.480 e. The van der Waals surface area contributed by atoms with Crippen LogP contribution in [0, 0.1) is 0 Å². The van der Waals surface area contributed by atoms with Gasteiger partial charge in [0, 0.05) is 5.75 Å². The number of hydrogen-bond acceptors (Lipinski definition) is 4. The van der Waals surface area contributed by atoms with E-state index in [1.54, 1.807) is 20.8 Å². The summed E-state index contributed by atoms with van der Waals surface area (Å²) in [5, 5.41) is 11.4. The lowest BCUT2D eigenvalue weighted by molar-refractivity contribution is -0.138. The molecule has 0 saturated heterocycles. The highest BCUT2D eigenvalue weighted by Crippen LogP contribution is 2.10. The molecule has 1 atom stereocenters. The van der Waals surface area contributed by atoms with Crippen LogP contribution >= 0.6 is 11.8 Å². The second-order valence-corrected chi connectivity index (χ2v) is 6.47. The van der Waals surface area contributed by atoms with Crippen LogP contribution in [0.15, 0.2) is 0 Å². The Morgan fingerprint density at radius 3 is 2.42 bits per heavy atom. The summed E-state index contributed by atoms with van der Waals surface area (Å²) >= 11 is 1.54. The van der Waals surface area contributed by atoms with Crippen LogP contribution in [0.4, 0.5) is 4.79 Å². The molecule has 0 rings (SSSR count). The van der Waals surface area contributed by atoms with Gasteiger partial charge < -0.3 is 15.2 Å². The standard InChI is InChI=1S/C13H25NO4S/c1-5-6-7-8-19-9-10(11(15)16)14-12(17)18-13(2,3)4/h10H,5-9H2,1-4H3,(H,14,17)(H,15,16). The van der Waals surface area contributed by atoms with Gasteiger partial charge in [0.05, 0.1) is 0 Å². The molecule has 0 aliphatic carbocycles. The van der Waals surface area contributed by atoms with Crippen molar-refractivity contribution < 1.29 is 19.4 Å². The monoisotopic (exact) mass is 291 g/mol. The number of aliphatic carboxylic acids is 1. The summed E-state index contributed by atoms with van der Waals surface area (Å²) in [5.41, 5.74) is -0.624. The largest absolute Gasteiger partial charge is 0.480 e. The molecular weight excluding hydrogens is 266 g/mol. The maximum Gasteiger partial charge on any atom is 0.408 e. The molecule has 0 bridgehead atoms. The van der Waals surface area contributed by atoms with Crippen molar-refractivity contribution in [3.63, 3.8) is 0 Å². The Balaban J connectivity index is 4.05. The third kappa shape index (κ3) is 10.7. The van der Waals surface area contributed by atoms with E-state index < -0.39 is 23.7 Å². The normalized spacial score (nSPS) is 12.8. The predicted octanol–water partition coefficient (Wildman–Crippen LogP) is 2.89. The predicted molar refractivity (Wildman–Crippen MR) is 77.6 cm³/mol. The van der Waals surface area contributed by atoms with Gasteiger partial charge in [-0.05, 0) is 32.9 Å².